The molecule has 0 saturated heterocycles. The zero-order valence-corrected chi connectivity index (χ0v) is 12.0. The number of aliphatic carboxylic acids is 1. The van der Waals surface area contributed by atoms with E-state index in [1.165, 1.54) is 39.1 Å². The molecule has 7 heteroatoms. The number of rotatable bonds is 5. The minimum absolute atomic E-state index is 0.0861. The van der Waals surface area contributed by atoms with Crippen LogP contribution in [0.5, 0.6) is 0 Å². The van der Waals surface area contributed by atoms with E-state index in [1.807, 2.05) is 0 Å². The number of carbonyl (C=O) groups is 3. The SMILES string of the molecule is CN(C(=O)CNC(=O)c1cccc(F)c1)C(C)(C)C(=O)O. The molecule has 0 atom stereocenters. The Morgan fingerprint density at radius 1 is 1.33 bits per heavy atom. The van der Waals surface area contributed by atoms with Gasteiger partial charge >= 0.3 is 5.97 Å². The molecule has 0 aliphatic heterocycles. The van der Waals surface area contributed by atoms with E-state index >= 15 is 0 Å². The molecule has 0 aliphatic rings. The van der Waals surface area contributed by atoms with Crippen LogP contribution in [-0.4, -0.2) is 46.9 Å². The van der Waals surface area contributed by atoms with Gasteiger partial charge in [-0.25, -0.2) is 9.18 Å². The molecular formula is C14H17FN2O4. The van der Waals surface area contributed by atoms with Gasteiger partial charge in [0.1, 0.15) is 11.4 Å². The van der Waals surface area contributed by atoms with E-state index in [0.717, 1.165) is 11.0 Å². The summed E-state index contributed by atoms with van der Waals surface area (Å²) in [5.41, 5.74) is -1.30. The molecule has 2 N–H and O–H groups in total. The van der Waals surface area contributed by atoms with Crippen LogP contribution in [0.25, 0.3) is 0 Å². The largest absolute Gasteiger partial charge is 0.480 e. The van der Waals surface area contributed by atoms with Crippen LogP contribution in [0.2, 0.25) is 0 Å². The van der Waals surface area contributed by atoms with Crippen LogP contribution in [0.4, 0.5) is 4.39 Å². The van der Waals surface area contributed by atoms with Gasteiger partial charge in [-0.1, -0.05) is 6.07 Å². The van der Waals surface area contributed by atoms with Crippen LogP contribution in [0.15, 0.2) is 24.3 Å². The van der Waals surface area contributed by atoms with E-state index in [0.29, 0.717) is 0 Å². The van der Waals surface area contributed by atoms with Gasteiger partial charge in [-0.05, 0) is 32.0 Å². The molecule has 1 aromatic rings. The third-order valence-corrected chi connectivity index (χ3v) is 3.22. The first-order chi connectivity index (χ1) is 9.66. The Morgan fingerprint density at radius 3 is 2.48 bits per heavy atom. The molecule has 2 amide bonds. The van der Waals surface area contributed by atoms with E-state index in [-0.39, 0.29) is 12.1 Å². The second-order valence-corrected chi connectivity index (χ2v) is 5.01. The lowest BCUT2D eigenvalue weighted by Crippen LogP contribution is -2.53. The first-order valence-electron chi connectivity index (χ1n) is 6.20. The quantitative estimate of drug-likeness (QED) is 0.844. The maximum absolute atomic E-state index is 13.0. The molecule has 1 rings (SSSR count). The Kier molecular flexibility index (Phi) is 5.02. The molecule has 0 aromatic heterocycles. The number of nitrogens with zero attached hydrogens (tertiary/aromatic N) is 1. The van der Waals surface area contributed by atoms with Crippen LogP contribution in [0.3, 0.4) is 0 Å². The second kappa shape index (κ2) is 6.34. The lowest BCUT2D eigenvalue weighted by molar-refractivity contribution is -0.154. The number of carbonyl (C=O) groups excluding carboxylic acids is 2. The number of carboxylic acids is 1. The van der Waals surface area contributed by atoms with Gasteiger partial charge in [0.05, 0.1) is 6.54 Å². The average molecular weight is 296 g/mol. The van der Waals surface area contributed by atoms with Gasteiger partial charge in [0.2, 0.25) is 5.91 Å². The van der Waals surface area contributed by atoms with E-state index in [1.54, 1.807) is 0 Å². The molecule has 0 unspecified atom stereocenters. The van der Waals surface area contributed by atoms with Gasteiger partial charge in [0, 0.05) is 12.6 Å². The maximum Gasteiger partial charge on any atom is 0.329 e. The van der Waals surface area contributed by atoms with Crippen molar-refractivity contribution in [2.75, 3.05) is 13.6 Å². The number of benzene rings is 1. The summed E-state index contributed by atoms with van der Waals surface area (Å²) in [7, 11) is 1.34. The van der Waals surface area contributed by atoms with Gasteiger partial charge in [0.15, 0.2) is 0 Å². The monoisotopic (exact) mass is 296 g/mol. The third-order valence-electron chi connectivity index (χ3n) is 3.22. The molecule has 0 aliphatic carbocycles. The van der Waals surface area contributed by atoms with E-state index in [4.69, 9.17) is 5.11 Å². The molecule has 114 valence electrons. The third kappa shape index (κ3) is 4.01. The zero-order chi connectivity index (χ0) is 16.2. The van der Waals surface area contributed by atoms with Crippen LogP contribution < -0.4 is 5.32 Å². The van der Waals surface area contributed by atoms with Crippen molar-refractivity contribution in [1.82, 2.24) is 10.2 Å². The summed E-state index contributed by atoms with van der Waals surface area (Å²) in [5.74, 6) is -2.88. The van der Waals surface area contributed by atoms with Crippen molar-refractivity contribution in [1.29, 1.82) is 0 Å². The summed E-state index contributed by atoms with van der Waals surface area (Å²) in [6.45, 7) is 2.38. The van der Waals surface area contributed by atoms with Gasteiger partial charge in [0.25, 0.3) is 5.91 Å². The Bertz CT molecular complexity index is 572. The number of likely N-dealkylation sites (N-methyl/N-ethyl adjacent to an activating group) is 1. The topological polar surface area (TPSA) is 86.7 Å². The minimum Gasteiger partial charge on any atom is -0.480 e. The second-order valence-electron chi connectivity index (χ2n) is 5.01. The maximum atomic E-state index is 13.0. The number of hydrogen-bond acceptors (Lipinski definition) is 3. The minimum atomic E-state index is -1.39. The highest BCUT2D eigenvalue weighted by Gasteiger charge is 2.35. The summed E-state index contributed by atoms with van der Waals surface area (Å²) in [6.07, 6.45) is 0. The predicted octanol–water partition coefficient (Wildman–Crippen LogP) is 0.877. The average Bonchev–Trinajstić information content (AvgIpc) is 2.43. The summed E-state index contributed by atoms with van der Waals surface area (Å²) >= 11 is 0. The predicted molar refractivity (Wildman–Crippen MR) is 73.2 cm³/mol. The van der Waals surface area contributed by atoms with Crippen molar-refractivity contribution >= 4 is 17.8 Å². The fraction of sp³-hybridized carbons (Fsp3) is 0.357. The molecule has 0 bridgehead atoms. The smallest absolute Gasteiger partial charge is 0.329 e. The standard InChI is InChI=1S/C14H17FN2O4/c1-14(2,13(20)21)17(3)11(18)8-16-12(19)9-5-4-6-10(15)7-9/h4-7H,8H2,1-3H3,(H,16,19)(H,20,21). The number of halogens is 1. The van der Waals surface area contributed by atoms with Crippen molar-refractivity contribution in [2.24, 2.45) is 0 Å². The number of hydrogen-bond donors (Lipinski definition) is 2. The highest BCUT2D eigenvalue weighted by Crippen LogP contribution is 2.12. The normalized spacial score (nSPS) is 10.9. The lowest BCUT2D eigenvalue weighted by atomic mass is 10.0. The Morgan fingerprint density at radius 2 is 1.95 bits per heavy atom. The van der Waals surface area contributed by atoms with Gasteiger partial charge in [-0.2, -0.15) is 0 Å². The fourth-order valence-electron chi connectivity index (χ4n) is 1.46. The molecular weight excluding hydrogens is 279 g/mol. The summed E-state index contributed by atoms with van der Waals surface area (Å²) in [5, 5.41) is 11.4. The van der Waals surface area contributed by atoms with Crippen LogP contribution in [0, 0.1) is 5.82 Å². The highest BCUT2D eigenvalue weighted by molar-refractivity contribution is 5.97. The summed E-state index contributed by atoms with van der Waals surface area (Å²) in [6, 6.07) is 5.04. The van der Waals surface area contributed by atoms with Gasteiger partial charge in [-0.15, -0.1) is 0 Å². The van der Waals surface area contributed by atoms with Crippen LogP contribution in [-0.2, 0) is 9.59 Å². The molecule has 0 radical (unpaired) electrons. The summed E-state index contributed by atoms with van der Waals surface area (Å²) in [4.78, 5) is 35.7. The number of amides is 2. The van der Waals surface area contributed by atoms with Gasteiger partial charge < -0.3 is 15.3 Å². The van der Waals surface area contributed by atoms with E-state index in [2.05, 4.69) is 5.32 Å². The number of nitrogens with one attached hydrogen (secondary N) is 1. The van der Waals surface area contributed by atoms with Crippen LogP contribution >= 0.6 is 0 Å². The Labute approximate surface area is 121 Å². The zero-order valence-electron chi connectivity index (χ0n) is 12.0. The van der Waals surface area contributed by atoms with E-state index in [9.17, 15) is 18.8 Å². The summed E-state index contributed by atoms with van der Waals surface area (Å²) < 4.78 is 13.0. The van der Waals surface area contributed by atoms with Crippen molar-refractivity contribution in [2.45, 2.75) is 19.4 Å². The molecule has 1 aromatic carbocycles. The van der Waals surface area contributed by atoms with Crippen molar-refractivity contribution in [3.8, 4) is 0 Å². The fourth-order valence-corrected chi connectivity index (χ4v) is 1.46. The first kappa shape index (κ1) is 16.6. The highest BCUT2D eigenvalue weighted by atomic mass is 19.1. The van der Waals surface area contributed by atoms with Crippen molar-refractivity contribution < 1.29 is 23.9 Å². The lowest BCUT2D eigenvalue weighted by Gasteiger charge is -2.31. The first-order valence-corrected chi connectivity index (χ1v) is 6.20. The molecule has 0 heterocycles. The van der Waals surface area contributed by atoms with Crippen LogP contribution in [0.1, 0.15) is 24.2 Å². The molecule has 0 saturated carbocycles. The van der Waals surface area contributed by atoms with Crippen molar-refractivity contribution in [3.63, 3.8) is 0 Å². The molecule has 6 nitrogen and oxygen atoms in total. The molecule has 21 heavy (non-hydrogen) atoms. The Balaban J connectivity index is 2.65. The van der Waals surface area contributed by atoms with Crippen molar-refractivity contribution in [3.05, 3.63) is 35.6 Å². The number of carboxylic acid groups (broad SMARTS) is 1. The molecule has 0 fully saturated rings. The Hall–Kier alpha value is -2.44. The molecule has 0 spiro atoms. The van der Waals surface area contributed by atoms with Gasteiger partial charge in [-0.3, -0.25) is 9.59 Å². The van der Waals surface area contributed by atoms with E-state index < -0.39 is 29.1 Å².